The lowest BCUT2D eigenvalue weighted by Gasteiger charge is -2.49. The Kier molecular flexibility index (Phi) is 2.52. The monoisotopic (exact) mass is 250 g/mol. The highest BCUT2D eigenvalue weighted by Gasteiger charge is 2.56. The summed E-state index contributed by atoms with van der Waals surface area (Å²) >= 11 is 0. The number of carbonyl (C=O) groups excluding carboxylic acids is 1. The molecule has 5 unspecified atom stereocenters. The minimum atomic E-state index is -0.246. The summed E-state index contributed by atoms with van der Waals surface area (Å²) in [6, 6.07) is 0. The predicted octanol–water partition coefficient (Wildman–Crippen LogP) is 2.09. The zero-order valence-electron chi connectivity index (χ0n) is 11.4. The van der Waals surface area contributed by atoms with E-state index in [0.717, 1.165) is 19.3 Å². The lowest BCUT2D eigenvalue weighted by molar-refractivity contribution is -0.123. The van der Waals surface area contributed by atoms with Crippen LogP contribution in [0.2, 0.25) is 0 Å². The summed E-state index contributed by atoms with van der Waals surface area (Å²) in [5.74, 6) is 0.417. The lowest BCUT2D eigenvalue weighted by atomic mass is 9.56. The van der Waals surface area contributed by atoms with E-state index in [0.29, 0.717) is 6.61 Å². The molecule has 1 heterocycles. The lowest BCUT2D eigenvalue weighted by Crippen LogP contribution is -2.47. The molecule has 0 aromatic carbocycles. The van der Waals surface area contributed by atoms with E-state index in [-0.39, 0.29) is 34.7 Å². The zero-order valence-corrected chi connectivity index (χ0v) is 11.4. The largest absolute Gasteiger partial charge is 0.393 e. The summed E-state index contributed by atoms with van der Waals surface area (Å²) in [6.07, 6.45) is 4.08. The van der Waals surface area contributed by atoms with E-state index in [4.69, 9.17) is 4.74 Å². The van der Waals surface area contributed by atoms with Gasteiger partial charge in [0.25, 0.3) is 0 Å². The number of fused-ring (bicyclic) bond motifs is 1. The summed E-state index contributed by atoms with van der Waals surface area (Å²) < 4.78 is 5.48. The molecule has 3 nitrogen and oxygen atoms in total. The molecule has 3 heteroatoms. The number of allylic oxidation sites excluding steroid dienone is 2. The standard InChI is InChI=1S/C15H22O3/c1-9-12(16)5-4-10-6-13(17)11(7-14(9,10)2)15(3)8-18-15/h6,9,11-12,16H,4-5,7-8H2,1-3H3. The van der Waals surface area contributed by atoms with Crippen LogP contribution in [0.4, 0.5) is 0 Å². The molecule has 3 rings (SSSR count). The van der Waals surface area contributed by atoms with E-state index in [2.05, 4.69) is 13.8 Å². The average Bonchev–Trinajstić information content (AvgIpc) is 3.06. The Labute approximate surface area is 108 Å². The van der Waals surface area contributed by atoms with Crippen molar-refractivity contribution in [3.8, 4) is 0 Å². The van der Waals surface area contributed by atoms with Crippen LogP contribution >= 0.6 is 0 Å². The van der Waals surface area contributed by atoms with Gasteiger partial charge in [0, 0.05) is 0 Å². The Bertz CT molecular complexity index is 421. The van der Waals surface area contributed by atoms with E-state index in [9.17, 15) is 9.90 Å². The van der Waals surface area contributed by atoms with Gasteiger partial charge in [0.05, 0.1) is 24.2 Å². The van der Waals surface area contributed by atoms with Gasteiger partial charge in [-0.25, -0.2) is 0 Å². The molecule has 0 bridgehead atoms. The van der Waals surface area contributed by atoms with Crippen LogP contribution in [-0.4, -0.2) is 29.2 Å². The number of rotatable bonds is 1. The fourth-order valence-electron chi connectivity index (χ4n) is 3.74. The van der Waals surface area contributed by atoms with Crippen LogP contribution in [0, 0.1) is 17.3 Å². The Balaban J connectivity index is 1.96. The van der Waals surface area contributed by atoms with Crippen molar-refractivity contribution in [1.82, 2.24) is 0 Å². The first-order chi connectivity index (χ1) is 8.37. The van der Waals surface area contributed by atoms with Crippen molar-refractivity contribution < 1.29 is 14.6 Å². The number of carbonyl (C=O) groups is 1. The number of epoxide rings is 1. The van der Waals surface area contributed by atoms with Crippen LogP contribution in [0.25, 0.3) is 0 Å². The van der Waals surface area contributed by atoms with Gasteiger partial charge in [-0.2, -0.15) is 0 Å². The van der Waals surface area contributed by atoms with Crippen molar-refractivity contribution in [3.63, 3.8) is 0 Å². The van der Waals surface area contributed by atoms with Crippen molar-refractivity contribution in [2.75, 3.05) is 6.61 Å². The van der Waals surface area contributed by atoms with Crippen LogP contribution in [-0.2, 0) is 9.53 Å². The number of ketones is 1. The van der Waals surface area contributed by atoms with E-state index in [1.54, 1.807) is 0 Å². The van der Waals surface area contributed by atoms with Crippen molar-refractivity contribution in [2.45, 2.75) is 51.7 Å². The van der Waals surface area contributed by atoms with Gasteiger partial charge in [-0.3, -0.25) is 4.79 Å². The molecule has 0 aromatic rings. The Morgan fingerprint density at radius 1 is 1.44 bits per heavy atom. The second kappa shape index (κ2) is 3.67. The predicted molar refractivity (Wildman–Crippen MR) is 68.1 cm³/mol. The molecule has 0 aromatic heterocycles. The average molecular weight is 250 g/mol. The Hall–Kier alpha value is -0.670. The van der Waals surface area contributed by atoms with E-state index in [1.807, 2.05) is 13.0 Å². The summed E-state index contributed by atoms with van der Waals surface area (Å²) in [5.41, 5.74) is 0.959. The zero-order chi connectivity index (χ0) is 13.1. The maximum atomic E-state index is 12.2. The maximum absolute atomic E-state index is 12.2. The third kappa shape index (κ3) is 1.60. The smallest absolute Gasteiger partial charge is 0.161 e. The minimum absolute atomic E-state index is 0.0287. The van der Waals surface area contributed by atoms with Crippen molar-refractivity contribution in [2.24, 2.45) is 17.3 Å². The number of aliphatic hydroxyl groups excluding tert-OH is 1. The van der Waals surface area contributed by atoms with Crippen LogP contribution < -0.4 is 0 Å². The van der Waals surface area contributed by atoms with Gasteiger partial charge in [-0.05, 0) is 43.6 Å². The Morgan fingerprint density at radius 2 is 2.11 bits per heavy atom. The Morgan fingerprint density at radius 3 is 2.72 bits per heavy atom. The van der Waals surface area contributed by atoms with Gasteiger partial charge in [-0.15, -0.1) is 0 Å². The number of hydrogen-bond acceptors (Lipinski definition) is 3. The topological polar surface area (TPSA) is 49.8 Å². The fraction of sp³-hybridized carbons (Fsp3) is 0.800. The summed E-state index contributed by atoms with van der Waals surface area (Å²) in [7, 11) is 0. The van der Waals surface area contributed by atoms with Gasteiger partial charge >= 0.3 is 0 Å². The summed E-state index contributed by atoms with van der Waals surface area (Å²) in [6.45, 7) is 7.04. The molecule has 0 amide bonds. The summed E-state index contributed by atoms with van der Waals surface area (Å²) in [5, 5.41) is 10.1. The number of aliphatic hydroxyl groups is 1. The first-order valence-electron chi connectivity index (χ1n) is 6.94. The van der Waals surface area contributed by atoms with Gasteiger partial charge in [0.2, 0.25) is 0 Å². The van der Waals surface area contributed by atoms with Crippen LogP contribution in [0.1, 0.15) is 40.0 Å². The van der Waals surface area contributed by atoms with E-state index < -0.39 is 0 Å². The molecule has 5 atom stereocenters. The highest BCUT2D eigenvalue weighted by atomic mass is 16.6. The molecule has 1 saturated heterocycles. The van der Waals surface area contributed by atoms with Gasteiger partial charge < -0.3 is 9.84 Å². The van der Waals surface area contributed by atoms with Crippen molar-refractivity contribution >= 4 is 5.78 Å². The summed E-state index contributed by atoms with van der Waals surface area (Å²) in [4.78, 5) is 12.2. The minimum Gasteiger partial charge on any atom is -0.393 e. The van der Waals surface area contributed by atoms with Crippen LogP contribution in [0.5, 0.6) is 0 Å². The molecule has 2 fully saturated rings. The quantitative estimate of drug-likeness (QED) is 0.725. The fourth-order valence-corrected chi connectivity index (χ4v) is 3.74. The molecule has 1 N–H and O–H groups in total. The molecule has 2 aliphatic carbocycles. The van der Waals surface area contributed by atoms with Crippen LogP contribution in [0.15, 0.2) is 11.6 Å². The normalized spacial score (nSPS) is 51.7. The van der Waals surface area contributed by atoms with Gasteiger partial charge in [-0.1, -0.05) is 19.4 Å². The maximum Gasteiger partial charge on any atom is 0.161 e. The van der Waals surface area contributed by atoms with Gasteiger partial charge in [0.15, 0.2) is 5.78 Å². The highest BCUT2D eigenvalue weighted by Crippen LogP contribution is 2.54. The second-order valence-corrected chi connectivity index (χ2v) is 6.74. The number of hydrogen-bond donors (Lipinski definition) is 1. The third-order valence-electron chi connectivity index (χ3n) is 5.65. The second-order valence-electron chi connectivity index (χ2n) is 6.74. The molecule has 0 radical (unpaired) electrons. The molecular weight excluding hydrogens is 228 g/mol. The first kappa shape index (κ1) is 12.4. The van der Waals surface area contributed by atoms with Crippen LogP contribution in [0.3, 0.4) is 0 Å². The first-order valence-corrected chi connectivity index (χ1v) is 6.94. The molecule has 100 valence electrons. The molecule has 1 aliphatic heterocycles. The molecule has 3 aliphatic rings. The molecule has 18 heavy (non-hydrogen) atoms. The molecular formula is C15H22O3. The molecule has 0 spiro atoms. The molecule has 1 saturated carbocycles. The van der Waals surface area contributed by atoms with Crippen molar-refractivity contribution in [1.29, 1.82) is 0 Å². The van der Waals surface area contributed by atoms with E-state index in [1.165, 1.54) is 5.57 Å². The third-order valence-corrected chi connectivity index (χ3v) is 5.65. The highest BCUT2D eigenvalue weighted by molar-refractivity contribution is 5.95. The van der Waals surface area contributed by atoms with E-state index >= 15 is 0 Å². The van der Waals surface area contributed by atoms with Gasteiger partial charge in [0.1, 0.15) is 0 Å². The van der Waals surface area contributed by atoms with Crippen molar-refractivity contribution in [3.05, 3.63) is 11.6 Å². The SMILES string of the molecule is CC1C(O)CCC2=CC(=O)C(C3(C)CO3)CC21C. The number of ether oxygens (including phenoxy) is 1.